The summed E-state index contributed by atoms with van der Waals surface area (Å²) in [6, 6.07) is 14.4. The molecule has 0 aliphatic heterocycles. The van der Waals surface area contributed by atoms with Crippen molar-refractivity contribution in [2.75, 3.05) is 7.11 Å². The van der Waals surface area contributed by atoms with Gasteiger partial charge in [0.2, 0.25) is 0 Å². The minimum Gasteiger partial charge on any atom is -0.465 e. The number of hydrogen-bond donors (Lipinski definition) is 1. The van der Waals surface area contributed by atoms with E-state index in [4.69, 9.17) is 4.74 Å². The molecule has 0 heterocycles. The van der Waals surface area contributed by atoms with Crippen molar-refractivity contribution in [1.29, 1.82) is 0 Å². The van der Waals surface area contributed by atoms with Crippen LogP contribution in [-0.4, -0.2) is 31.0 Å². The summed E-state index contributed by atoms with van der Waals surface area (Å²) in [7, 11) is 1.31. The first kappa shape index (κ1) is 18.2. The van der Waals surface area contributed by atoms with Gasteiger partial charge in [0.1, 0.15) is 12.6 Å². The third-order valence-corrected chi connectivity index (χ3v) is 3.49. The second-order valence-electron chi connectivity index (χ2n) is 5.36. The highest BCUT2D eigenvalue weighted by atomic mass is 16.5. The number of esters is 2. The molecule has 0 saturated carbocycles. The predicted octanol–water partition coefficient (Wildman–Crippen LogP) is 2.33. The van der Waals surface area contributed by atoms with Gasteiger partial charge in [-0.15, -0.1) is 0 Å². The normalized spacial score (nSPS) is 11.3. The Kier molecular flexibility index (Phi) is 6.28. The SMILES string of the molecule is COC(=O)c1ccc(COC(=O)[C@@H](C)NC(=O)c2ccccc2)cc1. The molecule has 6 nitrogen and oxygen atoms in total. The van der Waals surface area contributed by atoms with E-state index in [0.29, 0.717) is 11.1 Å². The van der Waals surface area contributed by atoms with Crippen LogP contribution in [0.2, 0.25) is 0 Å². The van der Waals surface area contributed by atoms with Crippen molar-refractivity contribution in [3.63, 3.8) is 0 Å². The van der Waals surface area contributed by atoms with Crippen LogP contribution in [-0.2, 0) is 20.9 Å². The number of rotatable bonds is 6. The molecule has 0 aliphatic carbocycles. The van der Waals surface area contributed by atoms with E-state index in [1.54, 1.807) is 61.5 Å². The van der Waals surface area contributed by atoms with Gasteiger partial charge < -0.3 is 14.8 Å². The van der Waals surface area contributed by atoms with Crippen molar-refractivity contribution in [1.82, 2.24) is 5.32 Å². The highest BCUT2D eigenvalue weighted by Crippen LogP contribution is 2.08. The van der Waals surface area contributed by atoms with Crippen molar-refractivity contribution in [3.05, 3.63) is 71.3 Å². The summed E-state index contributed by atoms with van der Waals surface area (Å²) in [6.07, 6.45) is 0. The van der Waals surface area contributed by atoms with Gasteiger partial charge in [0.05, 0.1) is 12.7 Å². The largest absolute Gasteiger partial charge is 0.465 e. The van der Waals surface area contributed by atoms with E-state index < -0.39 is 18.0 Å². The molecule has 1 amide bonds. The van der Waals surface area contributed by atoms with Gasteiger partial charge in [-0.1, -0.05) is 30.3 Å². The number of ether oxygens (including phenoxy) is 2. The average Bonchev–Trinajstić information content (AvgIpc) is 2.66. The van der Waals surface area contributed by atoms with E-state index in [9.17, 15) is 14.4 Å². The molecular formula is C19H19NO5. The van der Waals surface area contributed by atoms with E-state index in [-0.39, 0.29) is 12.5 Å². The lowest BCUT2D eigenvalue weighted by Crippen LogP contribution is -2.39. The van der Waals surface area contributed by atoms with Crippen LogP contribution < -0.4 is 5.32 Å². The first-order valence-corrected chi connectivity index (χ1v) is 7.71. The lowest BCUT2D eigenvalue weighted by molar-refractivity contribution is -0.146. The molecule has 0 bridgehead atoms. The Morgan fingerprint density at radius 1 is 0.960 bits per heavy atom. The van der Waals surface area contributed by atoms with Gasteiger partial charge in [0.15, 0.2) is 0 Å². The van der Waals surface area contributed by atoms with E-state index in [0.717, 1.165) is 5.56 Å². The summed E-state index contributed by atoms with van der Waals surface area (Å²) in [6.45, 7) is 1.61. The molecular weight excluding hydrogens is 322 g/mol. The molecule has 2 aromatic rings. The van der Waals surface area contributed by atoms with Gasteiger partial charge in [-0.3, -0.25) is 4.79 Å². The lowest BCUT2D eigenvalue weighted by Gasteiger charge is -2.13. The summed E-state index contributed by atoms with van der Waals surface area (Å²) in [5.41, 5.74) is 1.62. The highest BCUT2D eigenvalue weighted by molar-refractivity contribution is 5.96. The third-order valence-electron chi connectivity index (χ3n) is 3.49. The van der Waals surface area contributed by atoms with Crippen LogP contribution in [0.4, 0.5) is 0 Å². The fourth-order valence-corrected chi connectivity index (χ4v) is 2.06. The predicted molar refractivity (Wildman–Crippen MR) is 90.9 cm³/mol. The molecule has 1 atom stereocenters. The Hall–Kier alpha value is -3.15. The Labute approximate surface area is 145 Å². The standard InChI is InChI=1S/C19H19NO5/c1-13(20-17(21)15-6-4-3-5-7-15)18(22)25-12-14-8-10-16(11-9-14)19(23)24-2/h3-11,13H,12H2,1-2H3,(H,20,21)/t13-/m1/s1. The van der Waals surface area contributed by atoms with Crippen LogP contribution in [0.5, 0.6) is 0 Å². The van der Waals surface area contributed by atoms with Gasteiger partial charge in [-0.25, -0.2) is 9.59 Å². The molecule has 25 heavy (non-hydrogen) atoms. The van der Waals surface area contributed by atoms with Crippen molar-refractivity contribution >= 4 is 17.8 Å². The van der Waals surface area contributed by atoms with Gasteiger partial charge in [0, 0.05) is 5.56 Å². The quantitative estimate of drug-likeness (QED) is 0.816. The molecule has 0 unspecified atom stereocenters. The van der Waals surface area contributed by atoms with Gasteiger partial charge in [0.25, 0.3) is 5.91 Å². The Morgan fingerprint density at radius 2 is 1.60 bits per heavy atom. The molecule has 0 aliphatic rings. The topological polar surface area (TPSA) is 81.7 Å². The number of nitrogens with one attached hydrogen (secondary N) is 1. The first-order valence-electron chi connectivity index (χ1n) is 7.71. The second-order valence-corrected chi connectivity index (χ2v) is 5.36. The second kappa shape index (κ2) is 8.63. The van der Waals surface area contributed by atoms with E-state index in [2.05, 4.69) is 10.1 Å². The third kappa shape index (κ3) is 5.17. The smallest absolute Gasteiger partial charge is 0.337 e. The fraction of sp³-hybridized carbons (Fsp3) is 0.211. The summed E-state index contributed by atoms with van der Waals surface area (Å²) in [5.74, 6) is -1.31. The lowest BCUT2D eigenvalue weighted by atomic mass is 10.1. The van der Waals surface area contributed by atoms with Crippen LogP contribution in [0.1, 0.15) is 33.2 Å². The zero-order chi connectivity index (χ0) is 18.2. The number of hydrogen-bond acceptors (Lipinski definition) is 5. The fourth-order valence-electron chi connectivity index (χ4n) is 2.06. The molecule has 6 heteroatoms. The number of carbonyl (C=O) groups excluding carboxylic acids is 3. The first-order chi connectivity index (χ1) is 12.0. The summed E-state index contributed by atoms with van der Waals surface area (Å²) in [5, 5.41) is 2.59. The maximum absolute atomic E-state index is 12.0. The maximum atomic E-state index is 12.0. The van der Waals surface area contributed by atoms with Crippen molar-refractivity contribution in [2.24, 2.45) is 0 Å². The molecule has 0 saturated heterocycles. The van der Waals surface area contributed by atoms with Gasteiger partial charge in [-0.05, 0) is 36.8 Å². The summed E-state index contributed by atoms with van der Waals surface area (Å²) in [4.78, 5) is 35.3. The maximum Gasteiger partial charge on any atom is 0.337 e. The Morgan fingerprint density at radius 3 is 2.20 bits per heavy atom. The molecule has 130 valence electrons. The van der Waals surface area contributed by atoms with Crippen LogP contribution in [0, 0.1) is 0 Å². The van der Waals surface area contributed by atoms with E-state index >= 15 is 0 Å². The highest BCUT2D eigenvalue weighted by Gasteiger charge is 2.18. The Bertz CT molecular complexity index is 740. The molecule has 2 rings (SSSR count). The van der Waals surface area contributed by atoms with E-state index in [1.807, 2.05) is 0 Å². The monoisotopic (exact) mass is 341 g/mol. The molecule has 2 aromatic carbocycles. The molecule has 0 aromatic heterocycles. The van der Waals surface area contributed by atoms with E-state index in [1.165, 1.54) is 7.11 Å². The molecule has 0 spiro atoms. The Balaban J connectivity index is 1.85. The molecule has 0 radical (unpaired) electrons. The summed E-state index contributed by atoms with van der Waals surface area (Å²) >= 11 is 0. The van der Waals surface area contributed by atoms with Crippen LogP contribution >= 0.6 is 0 Å². The number of methoxy groups -OCH3 is 1. The zero-order valence-corrected chi connectivity index (χ0v) is 14.0. The van der Waals surface area contributed by atoms with Gasteiger partial charge >= 0.3 is 11.9 Å². The van der Waals surface area contributed by atoms with Crippen molar-refractivity contribution in [3.8, 4) is 0 Å². The minimum absolute atomic E-state index is 0.0475. The van der Waals surface area contributed by atoms with Gasteiger partial charge in [-0.2, -0.15) is 0 Å². The number of amides is 1. The van der Waals surface area contributed by atoms with Crippen LogP contribution in [0.25, 0.3) is 0 Å². The molecule has 1 N–H and O–H groups in total. The number of benzene rings is 2. The molecule has 0 fully saturated rings. The minimum atomic E-state index is -0.776. The summed E-state index contributed by atoms with van der Waals surface area (Å²) < 4.78 is 9.80. The van der Waals surface area contributed by atoms with Crippen molar-refractivity contribution in [2.45, 2.75) is 19.6 Å². The number of carbonyl (C=O) groups is 3. The average molecular weight is 341 g/mol. The van der Waals surface area contributed by atoms with Crippen molar-refractivity contribution < 1.29 is 23.9 Å². The van der Waals surface area contributed by atoms with Crippen LogP contribution in [0.3, 0.4) is 0 Å². The van der Waals surface area contributed by atoms with Crippen LogP contribution in [0.15, 0.2) is 54.6 Å². The zero-order valence-electron chi connectivity index (χ0n) is 14.0.